The second-order valence-electron chi connectivity index (χ2n) is 7.35. The summed E-state index contributed by atoms with van der Waals surface area (Å²) in [4.78, 5) is 26.8. The van der Waals surface area contributed by atoms with E-state index in [-0.39, 0.29) is 42.4 Å². The quantitative estimate of drug-likeness (QED) is 0.323. The Kier molecular flexibility index (Phi) is 9.88. The molecular formula is C25H30N2O6S. The van der Waals surface area contributed by atoms with Gasteiger partial charge in [-0.25, -0.2) is 18.0 Å². The number of hydrogen-bond acceptors (Lipinski definition) is 6. The van der Waals surface area contributed by atoms with Crippen molar-refractivity contribution in [1.82, 2.24) is 0 Å². The maximum Gasteiger partial charge on any atom is 0.414 e. The van der Waals surface area contributed by atoms with E-state index in [1.165, 1.54) is 42.3 Å². The number of esters is 1. The summed E-state index contributed by atoms with van der Waals surface area (Å²) in [6.45, 7) is 9.07. The van der Waals surface area contributed by atoms with Crippen LogP contribution in [0.2, 0.25) is 0 Å². The van der Waals surface area contributed by atoms with E-state index in [4.69, 9.17) is 9.47 Å². The van der Waals surface area contributed by atoms with Gasteiger partial charge in [0.25, 0.3) is 0 Å². The van der Waals surface area contributed by atoms with Gasteiger partial charge in [-0.3, -0.25) is 9.21 Å². The molecule has 2 rings (SSSR count). The fraction of sp³-hybridized carbons (Fsp3) is 0.280. The monoisotopic (exact) mass is 486 g/mol. The number of carbonyl (C=O) groups excluding carboxylic acids is 2. The molecule has 0 bridgehead atoms. The maximum absolute atomic E-state index is 12.9. The first-order valence-electron chi connectivity index (χ1n) is 10.7. The van der Waals surface area contributed by atoms with Crippen LogP contribution in [0.4, 0.5) is 16.2 Å². The van der Waals surface area contributed by atoms with Gasteiger partial charge in [-0.1, -0.05) is 56.0 Å². The second-order valence-corrected chi connectivity index (χ2v) is 9.47. The van der Waals surface area contributed by atoms with E-state index in [1.54, 1.807) is 6.92 Å². The summed E-state index contributed by atoms with van der Waals surface area (Å²) in [6, 6.07) is 13.5. The summed E-state index contributed by atoms with van der Waals surface area (Å²) in [5.74, 6) is -0.750. The minimum Gasteiger partial charge on any atom is -0.458 e. The fourth-order valence-corrected chi connectivity index (χ4v) is 4.25. The number of carbonyl (C=O) groups is 2. The molecule has 0 heterocycles. The first-order valence-corrected chi connectivity index (χ1v) is 12.3. The number of sulfonamides is 1. The van der Waals surface area contributed by atoms with Gasteiger partial charge in [0.05, 0.1) is 22.7 Å². The molecule has 9 heteroatoms. The Morgan fingerprint density at radius 1 is 1.00 bits per heavy atom. The molecule has 0 spiro atoms. The molecule has 1 amide bonds. The zero-order valence-corrected chi connectivity index (χ0v) is 20.3. The molecule has 0 aliphatic heterocycles. The highest BCUT2D eigenvalue weighted by atomic mass is 32.2. The Morgan fingerprint density at radius 3 is 2.29 bits per heavy atom. The molecule has 182 valence electrons. The van der Waals surface area contributed by atoms with Crippen molar-refractivity contribution in [2.75, 3.05) is 35.2 Å². The van der Waals surface area contributed by atoms with Gasteiger partial charge in [-0.15, -0.1) is 6.58 Å². The summed E-state index contributed by atoms with van der Waals surface area (Å²) < 4.78 is 37.0. The van der Waals surface area contributed by atoms with E-state index in [0.29, 0.717) is 6.42 Å². The number of nitrogens with zero attached hydrogens (tertiary/aromatic N) is 2. The van der Waals surface area contributed by atoms with E-state index in [0.717, 1.165) is 9.87 Å². The number of benzene rings is 2. The molecule has 0 aliphatic carbocycles. The molecule has 2 aromatic carbocycles. The highest BCUT2D eigenvalue weighted by Crippen LogP contribution is 2.28. The smallest absolute Gasteiger partial charge is 0.414 e. The highest BCUT2D eigenvalue weighted by molar-refractivity contribution is 7.92. The van der Waals surface area contributed by atoms with Gasteiger partial charge in [0.15, 0.2) is 0 Å². The van der Waals surface area contributed by atoms with Crippen molar-refractivity contribution in [3.63, 3.8) is 0 Å². The van der Waals surface area contributed by atoms with Crippen LogP contribution in [0.3, 0.4) is 0 Å². The largest absolute Gasteiger partial charge is 0.458 e. The van der Waals surface area contributed by atoms with Gasteiger partial charge in [0.1, 0.15) is 13.2 Å². The molecule has 0 aliphatic rings. The summed E-state index contributed by atoms with van der Waals surface area (Å²) >= 11 is 0. The third-order valence-corrected chi connectivity index (χ3v) is 6.73. The SMILES string of the molecule is C=CCOC(=O)c1cc(N(CC=C)C(=O)OCc2ccccc2)cc(N(C)S(=O)(=O)CCC)c1. The van der Waals surface area contributed by atoms with E-state index in [1.807, 2.05) is 30.3 Å². The van der Waals surface area contributed by atoms with Crippen molar-refractivity contribution in [2.24, 2.45) is 0 Å². The van der Waals surface area contributed by atoms with Crippen LogP contribution in [0.15, 0.2) is 73.8 Å². The van der Waals surface area contributed by atoms with Crippen molar-refractivity contribution in [3.8, 4) is 0 Å². The van der Waals surface area contributed by atoms with Gasteiger partial charge in [0.2, 0.25) is 10.0 Å². The van der Waals surface area contributed by atoms with Gasteiger partial charge in [-0.2, -0.15) is 0 Å². The molecule has 0 atom stereocenters. The summed E-state index contributed by atoms with van der Waals surface area (Å²) in [7, 11) is -2.24. The summed E-state index contributed by atoms with van der Waals surface area (Å²) in [5, 5.41) is 0. The third-order valence-electron chi connectivity index (χ3n) is 4.76. The summed E-state index contributed by atoms with van der Waals surface area (Å²) in [5.41, 5.74) is 1.36. The minimum atomic E-state index is -3.63. The maximum atomic E-state index is 12.9. The predicted octanol–water partition coefficient (Wildman–Crippen LogP) is 4.53. The molecular weight excluding hydrogens is 456 g/mol. The van der Waals surface area contributed by atoms with Crippen LogP contribution in [-0.2, 0) is 26.1 Å². The van der Waals surface area contributed by atoms with Crippen molar-refractivity contribution in [3.05, 3.63) is 85.0 Å². The topological polar surface area (TPSA) is 93.2 Å². The van der Waals surface area contributed by atoms with Gasteiger partial charge < -0.3 is 9.47 Å². The van der Waals surface area contributed by atoms with Crippen LogP contribution in [0.1, 0.15) is 29.3 Å². The van der Waals surface area contributed by atoms with E-state index >= 15 is 0 Å². The Labute approximate surface area is 201 Å². The van der Waals surface area contributed by atoms with Gasteiger partial charge >= 0.3 is 12.1 Å². The molecule has 0 radical (unpaired) electrons. The average Bonchev–Trinajstić information content (AvgIpc) is 2.84. The van der Waals surface area contributed by atoms with Gasteiger partial charge in [0, 0.05) is 13.6 Å². The van der Waals surface area contributed by atoms with Crippen LogP contribution in [-0.4, -0.2) is 46.4 Å². The highest BCUT2D eigenvalue weighted by Gasteiger charge is 2.24. The zero-order chi connectivity index (χ0) is 25.1. The Bertz CT molecular complexity index is 1120. The average molecular weight is 487 g/mol. The molecule has 0 saturated carbocycles. The zero-order valence-electron chi connectivity index (χ0n) is 19.5. The predicted molar refractivity (Wildman–Crippen MR) is 134 cm³/mol. The standard InChI is InChI=1S/C25H30N2O6S/c1-5-13-27(25(29)33-19-20-11-9-8-10-12-20)23-17-21(24(28)32-14-6-2)16-22(18-23)26(4)34(30,31)15-7-3/h5-6,8-12,16-18H,1-2,7,13-15,19H2,3-4H3. The summed E-state index contributed by atoms with van der Waals surface area (Å²) in [6.07, 6.45) is 2.68. The molecule has 34 heavy (non-hydrogen) atoms. The van der Waals surface area contributed by atoms with Gasteiger partial charge in [-0.05, 0) is 30.2 Å². The first-order chi connectivity index (χ1) is 16.2. The van der Waals surface area contributed by atoms with Crippen molar-refractivity contribution in [2.45, 2.75) is 20.0 Å². The van der Waals surface area contributed by atoms with E-state index in [9.17, 15) is 18.0 Å². The number of anilines is 2. The molecule has 0 unspecified atom stereocenters. The van der Waals surface area contributed by atoms with Crippen molar-refractivity contribution < 1.29 is 27.5 Å². The third kappa shape index (κ3) is 7.21. The fourth-order valence-electron chi connectivity index (χ4n) is 3.04. The van der Waals surface area contributed by atoms with Crippen molar-refractivity contribution in [1.29, 1.82) is 0 Å². The molecule has 0 saturated heterocycles. The second kappa shape index (κ2) is 12.6. The van der Waals surface area contributed by atoms with Crippen LogP contribution in [0, 0.1) is 0 Å². The Balaban J connectivity index is 2.46. The van der Waals surface area contributed by atoms with Crippen molar-refractivity contribution >= 4 is 33.5 Å². The minimum absolute atomic E-state index is 0.0160. The molecule has 0 N–H and O–H groups in total. The number of rotatable bonds is 12. The number of amides is 1. The normalized spacial score (nSPS) is 10.8. The Hall–Kier alpha value is -3.59. The van der Waals surface area contributed by atoms with Crippen LogP contribution >= 0.6 is 0 Å². The lowest BCUT2D eigenvalue weighted by atomic mass is 10.1. The number of ether oxygens (including phenoxy) is 2. The molecule has 8 nitrogen and oxygen atoms in total. The lowest BCUT2D eigenvalue weighted by Gasteiger charge is -2.25. The number of hydrogen-bond donors (Lipinski definition) is 0. The Morgan fingerprint density at radius 2 is 1.68 bits per heavy atom. The van der Waals surface area contributed by atoms with Crippen LogP contribution in [0.5, 0.6) is 0 Å². The van der Waals surface area contributed by atoms with E-state index in [2.05, 4.69) is 13.2 Å². The lowest BCUT2D eigenvalue weighted by molar-refractivity contribution is 0.0549. The molecule has 2 aromatic rings. The lowest BCUT2D eigenvalue weighted by Crippen LogP contribution is -2.33. The molecule has 0 fully saturated rings. The first kappa shape index (κ1) is 26.7. The molecule has 0 aromatic heterocycles. The van der Waals surface area contributed by atoms with Crippen LogP contribution in [0.25, 0.3) is 0 Å². The van der Waals surface area contributed by atoms with Crippen LogP contribution < -0.4 is 9.21 Å². The van der Waals surface area contributed by atoms with E-state index < -0.39 is 22.1 Å².